The normalized spacial score (nSPS) is 17.2. The Morgan fingerprint density at radius 3 is 3.19 bits per heavy atom. The molecule has 0 spiro atoms. The molecule has 1 saturated heterocycles. The van der Waals surface area contributed by atoms with Gasteiger partial charge in [0.15, 0.2) is 0 Å². The van der Waals surface area contributed by atoms with E-state index < -0.39 is 0 Å². The zero-order chi connectivity index (χ0) is 14.9. The van der Waals surface area contributed by atoms with Gasteiger partial charge in [0, 0.05) is 24.9 Å². The molecule has 1 atom stereocenters. The Bertz CT molecular complexity index is 470. The van der Waals surface area contributed by atoms with Gasteiger partial charge in [0.2, 0.25) is 5.91 Å². The van der Waals surface area contributed by atoms with Crippen molar-refractivity contribution in [2.24, 2.45) is 0 Å². The second-order valence-corrected chi connectivity index (χ2v) is 4.92. The maximum Gasteiger partial charge on any atom is 0.239 e. The van der Waals surface area contributed by atoms with E-state index in [4.69, 9.17) is 9.47 Å². The SMILES string of the molecule is C=CCNC(=O)CNc1cccc(OCC2CCCO2)c1. The third-order valence-corrected chi connectivity index (χ3v) is 3.19. The third-order valence-electron chi connectivity index (χ3n) is 3.19. The van der Waals surface area contributed by atoms with Gasteiger partial charge in [-0.3, -0.25) is 4.79 Å². The van der Waals surface area contributed by atoms with Gasteiger partial charge in [0.25, 0.3) is 0 Å². The number of carbonyl (C=O) groups excluding carboxylic acids is 1. The molecule has 1 unspecified atom stereocenters. The summed E-state index contributed by atoms with van der Waals surface area (Å²) < 4.78 is 11.2. The molecule has 1 amide bonds. The smallest absolute Gasteiger partial charge is 0.239 e. The van der Waals surface area contributed by atoms with Crippen LogP contribution in [0.5, 0.6) is 5.75 Å². The van der Waals surface area contributed by atoms with Gasteiger partial charge < -0.3 is 20.1 Å². The average Bonchev–Trinajstić information content (AvgIpc) is 3.03. The zero-order valence-electron chi connectivity index (χ0n) is 12.1. The van der Waals surface area contributed by atoms with Gasteiger partial charge in [-0.25, -0.2) is 0 Å². The predicted molar refractivity (Wildman–Crippen MR) is 82.6 cm³/mol. The van der Waals surface area contributed by atoms with Gasteiger partial charge in [0.05, 0.1) is 12.6 Å². The van der Waals surface area contributed by atoms with E-state index in [0.717, 1.165) is 30.9 Å². The Labute approximate surface area is 125 Å². The minimum absolute atomic E-state index is 0.0689. The molecule has 1 aromatic rings. The van der Waals surface area contributed by atoms with Gasteiger partial charge in [-0.1, -0.05) is 12.1 Å². The topological polar surface area (TPSA) is 59.6 Å². The molecule has 1 aliphatic heterocycles. The molecule has 0 aliphatic carbocycles. The summed E-state index contributed by atoms with van der Waals surface area (Å²) in [5.74, 6) is 0.711. The quantitative estimate of drug-likeness (QED) is 0.719. The minimum atomic E-state index is -0.0689. The summed E-state index contributed by atoms with van der Waals surface area (Å²) in [5.41, 5.74) is 0.855. The van der Waals surface area contributed by atoms with E-state index in [1.807, 2.05) is 24.3 Å². The summed E-state index contributed by atoms with van der Waals surface area (Å²) in [6.45, 7) is 5.66. The Morgan fingerprint density at radius 2 is 2.43 bits per heavy atom. The maximum absolute atomic E-state index is 11.5. The largest absolute Gasteiger partial charge is 0.491 e. The lowest BCUT2D eigenvalue weighted by molar-refractivity contribution is -0.119. The van der Waals surface area contributed by atoms with Crippen molar-refractivity contribution in [1.29, 1.82) is 0 Å². The van der Waals surface area contributed by atoms with E-state index >= 15 is 0 Å². The molecule has 2 rings (SSSR count). The van der Waals surface area contributed by atoms with Crippen molar-refractivity contribution < 1.29 is 14.3 Å². The van der Waals surface area contributed by atoms with Crippen LogP contribution in [0.2, 0.25) is 0 Å². The van der Waals surface area contributed by atoms with Gasteiger partial charge in [0.1, 0.15) is 12.4 Å². The van der Waals surface area contributed by atoms with Crippen LogP contribution >= 0.6 is 0 Å². The van der Waals surface area contributed by atoms with Crippen molar-refractivity contribution in [3.8, 4) is 5.75 Å². The molecular formula is C16H22N2O3. The number of benzene rings is 1. The molecule has 0 bridgehead atoms. The number of hydrogen-bond donors (Lipinski definition) is 2. The molecule has 0 saturated carbocycles. The van der Waals surface area contributed by atoms with Crippen LogP contribution in [0.15, 0.2) is 36.9 Å². The monoisotopic (exact) mass is 290 g/mol. The highest BCUT2D eigenvalue weighted by atomic mass is 16.5. The minimum Gasteiger partial charge on any atom is -0.491 e. The summed E-state index contributed by atoms with van der Waals surface area (Å²) in [5, 5.41) is 5.78. The van der Waals surface area contributed by atoms with Crippen LogP contribution in [-0.4, -0.2) is 38.3 Å². The fraction of sp³-hybridized carbons (Fsp3) is 0.438. The lowest BCUT2D eigenvalue weighted by atomic mass is 10.2. The Morgan fingerprint density at radius 1 is 1.52 bits per heavy atom. The maximum atomic E-state index is 11.5. The molecule has 1 heterocycles. The van der Waals surface area contributed by atoms with Crippen molar-refractivity contribution in [1.82, 2.24) is 5.32 Å². The van der Waals surface area contributed by atoms with Gasteiger partial charge >= 0.3 is 0 Å². The number of hydrogen-bond acceptors (Lipinski definition) is 4. The predicted octanol–water partition coefficient (Wildman–Crippen LogP) is 1.96. The second-order valence-electron chi connectivity index (χ2n) is 4.92. The number of nitrogens with one attached hydrogen (secondary N) is 2. The lowest BCUT2D eigenvalue weighted by Gasteiger charge is -2.13. The number of amides is 1. The molecule has 1 aromatic carbocycles. The number of anilines is 1. The highest BCUT2D eigenvalue weighted by Gasteiger charge is 2.15. The van der Waals surface area contributed by atoms with Crippen molar-refractivity contribution in [2.75, 3.05) is 31.6 Å². The molecular weight excluding hydrogens is 268 g/mol. The summed E-state index contributed by atoms with van der Waals surface area (Å²) in [6.07, 6.45) is 4.01. The number of ether oxygens (including phenoxy) is 2. The van der Waals surface area contributed by atoms with Crippen LogP contribution in [0.25, 0.3) is 0 Å². The Kier molecular flexibility index (Phi) is 6.09. The summed E-state index contributed by atoms with van der Waals surface area (Å²) in [6, 6.07) is 7.59. The lowest BCUT2D eigenvalue weighted by Crippen LogP contribution is -2.29. The van der Waals surface area contributed by atoms with Crippen LogP contribution in [0.3, 0.4) is 0 Å². The number of carbonyl (C=O) groups is 1. The zero-order valence-corrected chi connectivity index (χ0v) is 12.1. The Balaban J connectivity index is 1.76. The van der Waals surface area contributed by atoms with Crippen LogP contribution in [0, 0.1) is 0 Å². The van der Waals surface area contributed by atoms with Crippen molar-refractivity contribution in [3.05, 3.63) is 36.9 Å². The van der Waals surface area contributed by atoms with E-state index in [1.165, 1.54) is 0 Å². The first-order valence-corrected chi connectivity index (χ1v) is 7.24. The first kappa shape index (κ1) is 15.4. The third kappa shape index (κ3) is 5.47. The molecule has 5 nitrogen and oxygen atoms in total. The summed E-state index contributed by atoms with van der Waals surface area (Å²) in [4.78, 5) is 11.5. The van der Waals surface area contributed by atoms with E-state index in [-0.39, 0.29) is 18.6 Å². The van der Waals surface area contributed by atoms with E-state index in [9.17, 15) is 4.79 Å². The van der Waals surface area contributed by atoms with Crippen LogP contribution in [-0.2, 0) is 9.53 Å². The molecule has 1 fully saturated rings. The summed E-state index contributed by atoms with van der Waals surface area (Å²) in [7, 11) is 0. The molecule has 114 valence electrons. The van der Waals surface area contributed by atoms with Gasteiger partial charge in [-0.05, 0) is 25.0 Å². The fourth-order valence-electron chi connectivity index (χ4n) is 2.09. The average molecular weight is 290 g/mol. The molecule has 2 N–H and O–H groups in total. The van der Waals surface area contributed by atoms with Crippen LogP contribution in [0.4, 0.5) is 5.69 Å². The van der Waals surface area contributed by atoms with E-state index in [0.29, 0.717) is 13.2 Å². The molecule has 21 heavy (non-hydrogen) atoms. The molecule has 5 heteroatoms. The molecule has 0 aromatic heterocycles. The van der Waals surface area contributed by atoms with Crippen molar-refractivity contribution in [2.45, 2.75) is 18.9 Å². The molecule has 1 aliphatic rings. The number of rotatable bonds is 8. The fourth-order valence-corrected chi connectivity index (χ4v) is 2.09. The van der Waals surface area contributed by atoms with Crippen molar-refractivity contribution >= 4 is 11.6 Å². The van der Waals surface area contributed by atoms with Crippen molar-refractivity contribution in [3.63, 3.8) is 0 Å². The first-order chi connectivity index (χ1) is 10.3. The standard InChI is InChI=1S/C16H22N2O3/c1-2-8-17-16(19)11-18-13-5-3-6-14(10-13)21-12-15-7-4-9-20-15/h2-3,5-6,10,15,18H,1,4,7-9,11-12H2,(H,17,19). The second kappa shape index (κ2) is 8.32. The van der Waals surface area contributed by atoms with E-state index in [2.05, 4.69) is 17.2 Å². The van der Waals surface area contributed by atoms with Crippen LogP contribution < -0.4 is 15.4 Å². The van der Waals surface area contributed by atoms with Crippen LogP contribution in [0.1, 0.15) is 12.8 Å². The molecule has 0 radical (unpaired) electrons. The highest BCUT2D eigenvalue weighted by Crippen LogP contribution is 2.19. The van der Waals surface area contributed by atoms with E-state index in [1.54, 1.807) is 6.08 Å². The van der Waals surface area contributed by atoms with Gasteiger partial charge in [-0.15, -0.1) is 6.58 Å². The first-order valence-electron chi connectivity index (χ1n) is 7.24. The highest BCUT2D eigenvalue weighted by molar-refractivity contribution is 5.80. The van der Waals surface area contributed by atoms with Gasteiger partial charge in [-0.2, -0.15) is 0 Å². The summed E-state index contributed by atoms with van der Waals surface area (Å²) >= 11 is 0. The Hall–Kier alpha value is -2.01.